The van der Waals surface area contributed by atoms with Crippen LogP contribution in [0, 0.1) is 0 Å². The van der Waals surface area contributed by atoms with Gasteiger partial charge in [0.25, 0.3) is 0 Å². The highest BCUT2D eigenvalue weighted by Crippen LogP contribution is 2.35. The van der Waals surface area contributed by atoms with Gasteiger partial charge >= 0.3 is 12.0 Å². The number of amides is 2. The van der Waals surface area contributed by atoms with E-state index in [4.69, 9.17) is 9.84 Å². The first-order valence-electron chi connectivity index (χ1n) is 6.24. The van der Waals surface area contributed by atoms with Gasteiger partial charge in [-0.1, -0.05) is 0 Å². The van der Waals surface area contributed by atoms with E-state index >= 15 is 0 Å². The second kappa shape index (κ2) is 6.65. The number of carbonyl (C=O) groups excluding carboxylic acids is 1. The molecule has 2 rings (SSSR count). The van der Waals surface area contributed by atoms with E-state index in [9.17, 15) is 9.59 Å². The number of hydrogen-bond donors (Lipinski definition) is 2. The van der Waals surface area contributed by atoms with E-state index in [1.165, 1.54) is 12.0 Å². The van der Waals surface area contributed by atoms with Gasteiger partial charge < -0.3 is 20.1 Å². The lowest BCUT2D eigenvalue weighted by atomic mass is 10.3. The predicted molar refractivity (Wildman–Crippen MR) is 84.8 cm³/mol. The summed E-state index contributed by atoms with van der Waals surface area (Å²) in [6.07, 6.45) is 1.68. The number of hydrogen-bond acceptors (Lipinski definition) is 3. The van der Waals surface area contributed by atoms with Crippen molar-refractivity contribution in [2.24, 2.45) is 0 Å². The zero-order valence-corrected chi connectivity index (χ0v) is 14.4. The maximum Gasteiger partial charge on any atom is 0.323 e. The summed E-state index contributed by atoms with van der Waals surface area (Å²) in [5.41, 5.74) is 0.524. The van der Waals surface area contributed by atoms with Crippen LogP contribution in [0.3, 0.4) is 0 Å². The number of aliphatic carboxylic acids is 1. The van der Waals surface area contributed by atoms with Crippen LogP contribution in [0.25, 0.3) is 0 Å². The summed E-state index contributed by atoms with van der Waals surface area (Å²) in [7, 11) is 1.53. The van der Waals surface area contributed by atoms with Crippen molar-refractivity contribution in [2.45, 2.75) is 18.9 Å². The molecule has 0 bridgehead atoms. The Kier molecular flexibility index (Phi) is 5.10. The standard InChI is InChI=1S/C13H14Br2N2O4/c1-21-11-5-10(8(14)4-9(11)15)16-13(20)17(6-12(18)19)7-2-3-7/h4-5,7H,2-3,6H2,1H3,(H,16,20)(H,18,19). The number of nitrogens with one attached hydrogen (secondary N) is 1. The number of benzene rings is 1. The van der Waals surface area contributed by atoms with Crippen LogP contribution in [0.4, 0.5) is 10.5 Å². The lowest BCUT2D eigenvalue weighted by molar-refractivity contribution is -0.137. The van der Waals surface area contributed by atoms with Gasteiger partial charge in [0.1, 0.15) is 12.3 Å². The number of carbonyl (C=O) groups is 2. The number of nitrogens with zero attached hydrogens (tertiary/aromatic N) is 1. The fraction of sp³-hybridized carbons (Fsp3) is 0.385. The van der Waals surface area contributed by atoms with E-state index in [2.05, 4.69) is 37.2 Å². The Morgan fingerprint density at radius 2 is 2.05 bits per heavy atom. The van der Waals surface area contributed by atoms with Crippen LogP contribution in [0.5, 0.6) is 5.75 Å². The van der Waals surface area contributed by atoms with Gasteiger partial charge in [0.05, 0.1) is 17.3 Å². The van der Waals surface area contributed by atoms with Crippen LogP contribution in [-0.2, 0) is 4.79 Å². The Morgan fingerprint density at radius 1 is 1.38 bits per heavy atom. The first-order chi connectivity index (χ1) is 9.92. The van der Waals surface area contributed by atoms with Crippen LogP contribution in [-0.4, -0.2) is 41.7 Å². The van der Waals surface area contributed by atoms with Crippen molar-refractivity contribution in [3.8, 4) is 5.75 Å². The number of halogens is 2. The van der Waals surface area contributed by atoms with Crippen molar-refractivity contribution in [3.05, 3.63) is 21.1 Å². The number of ether oxygens (including phenoxy) is 1. The van der Waals surface area contributed by atoms with Gasteiger partial charge in [0, 0.05) is 16.6 Å². The highest BCUT2D eigenvalue weighted by Gasteiger charge is 2.34. The molecule has 0 spiro atoms. The average molecular weight is 422 g/mol. The lowest BCUT2D eigenvalue weighted by Crippen LogP contribution is -2.40. The third kappa shape index (κ3) is 4.10. The maximum atomic E-state index is 12.2. The van der Waals surface area contributed by atoms with Crippen LogP contribution in [0.2, 0.25) is 0 Å². The van der Waals surface area contributed by atoms with E-state index < -0.39 is 12.0 Å². The van der Waals surface area contributed by atoms with Gasteiger partial charge in [-0.15, -0.1) is 0 Å². The normalized spacial score (nSPS) is 13.7. The predicted octanol–water partition coefficient (Wildman–Crippen LogP) is 3.30. The van der Waals surface area contributed by atoms with Crippen molar-refractivity contribution < 1.29 is 19.4 Å². The van der Waals surface area contributed by atoms with Crippen LogP contribution >= 0.6 is 31.9 Å². The Hall–Kier alpha value is -1.28. The molecule has 1 aliphatic rings. The van der Waals surface area contributed by atoms with E-state index in [1.807, 2.05) is 0 Å². The molecular formula is C13H14Br2N2O4. The molecule has 21 heavy (non-hydrogen) atoms. The zero-order valence-electron chi connectivity index (χ0n) is 11.2. The lowest BCUT2D eigenvalue weighted by Gasteiger charge is -2.21. The summed E-state index contributed by atoms with van der Waals surface area (Å²) >= 11 is 6.70. The molecular weight excluding hydrogens is 408 g/mol. The van der Waals surface area contributed by atoms with Crippen molar-refractivity contribution in [1.82, 2.24) is 4.90 Å². The van der Waals surface area contributed by atoms with Crippen molar-refractivity contribution in [2.75, 3.05) is 19.0 Å². The number of carboxylic acid groups (broad SMARTS) is 1. The fourth-order valence-electron chi connectivity index (χ4n) is 1.87. The SMILES string of the molecule is COc1cc(NC(=O)N(CC(=O)O)C2CC2)c(Br)cc1Br. The quantitative estimate of drug-likeness (QED) is 0.764. The van der Waals surface area contributed by atoms with Gasteiger partial charge in [-0.2, -0.15) is 0 Å². The molecule has 1 aliphatic carbocycles. The van der Waals surface area contributed by atoms with Gasteiger partial charge in [0.2, 0.25) is 0 Å². The molecule has 1 saturated carbocycles. The monoisotopic (exact) mass is 420 g/mol. The second-order valence-electron chi connectivity index (χ2n) is 4.65. The molecule has 0 heterocycles. The molecule has 8 heteroatoms. The van der Waals surface area contributed by atoms with E-state index in [0.29, 0.717) is 15.9 Å². The third-order valence-electron chi connectivity index (χ3n) is 3.04. The van der Waals surface area contributed by atoms with Crippen LogP contribution in [0.15, 0.2) is 21.1 Å². The van der Waals surface area contributed by atoms with Crippen molar-refractivity contribution >= 4 is 49.5 Å². The third-order valence-corrected chi connectivity index (χ3v) is 4.31. The summed E-state index contributed by atoms with van der Waals surface area (Å²) in [6, 6.07) is 3.01. The Balaban J connectivity index is 2.16. The van der Waals surface area contributed by atoms with Gasteiger partial charge in [-0.05, 0) is 50.8 Å². The van der Waals surface area contributed by atoms with Crippen LogP contribution in [0.1, 0.15) is 12.8 Å². The molecule has 0 unspecified atom stereocenters. The molecule has 1 fully saturated rings. The molecule has 1 aromatic carbocycles. The molecule has 2 amide bonds. The first kappa shape index (κ1) is 16.1. The molecule has 2 N–H and O–H groups in total. The van der Waals surface area contributed by atoms with Crippen molar-refractivity contribution in [3.63, 3.8) is 0 Å². The molecule has 0 radical (unpaired) electrons. The number of urea groups is 1. The molecule has 1 aromatic rings. The van der Waals surface area contributed by atoms with Gasteiger partial charge in [0.15, 0.2) is 0 Å². The summed E-state index contributed by atoms with van der Waals surface area (Å²) < 4.78 is 6.61. The largest absolute Gasteiger partial charge is 0.495 e. The molecule has 0 aromatic heterocycles. The highest BCUT2D eigenvalue weighted by atomic mass is 79.9. The Labute approximate surface area is 138 Å². The molecule has 6 nitrogen and oxygen atoms in total. The second-order valence-corrected chi connectivity index (χ2v) is 6.36. The zero-order chi connectivity index (χ0) is 15.6. The fourth-order valence-corrected chi connectivity index (χ4v) is 3.12. The summed E-state index contributed by atoms with van der Waals surface area (Å²) in [5.74, 6) is -0.450. The maximum absolute atomic E-state index is 12.2. The minimum atomic E-state index is -1.02. The number of carboxylic acids is 1. The topological polar surface area (TPSA) is 78.9 Å². The van der Waals surface area contributed by atoms with E-state index in [1.54, 1.807) is 12.1 Å². The van der Waals surface area contributed by atoms with Crippen LogP contribution < -0.4 is 10.1 Å². The average Bonchev–Trinajstić information content (AvgIpc) is 3.23. The molecule has 0 aliphatic heterocycles. The molecule has 114 valence electrons. The summed E-state index contributed by atoms with van der Waals surface area (Å²) in [5, 5.41) is 11.6. The molecule has 0 saturated heterocycles. The summed E-state index contributed by atoms with van der Waals surface area (Å²) in [4.78, 5) is 24.4. The highest BCUT2D eigenvalue weighted by molar-refractivity contribution is 9.11. The minimum absolute atomic E-state index is 0.0113. The van der Waals surface area contributed by atoms with E-state index in [-0.39, 0.29) is 12.6 Å². The van der Waals surface area contributed by atoms with Crippen molar-refractivity contribution in [1.29, 1.82) is 0 Å². The first-order valence-corrected chi connectivity index (χ1v) is 7.83. The Morgan fingerprint density at radius 3 is 2.57 bits per heavy atom. The van der Waals surface area contributed by atoms with Gasteiger partial charge in [-0.3, -0.25) is 4.79 Å². The molecule has 0 atom stereocenters. The number of rotatable bonds is 5. The number of anilines is 1. The van der Waals surface area contributed by atoms with E-state index in [0.717, 1.165) is 17.3 Å². The minimum Gasteiger partial charge on any atom is -0.495 e. The Bertz CT molecular complexity index is 576. The summed E-state index contributed by atoms with van der Waals surface area (Å²) in [6.45, 7) is -0.304. The van der Waals surface area contributed by atoms with Gasteiger partial charge in [-0.25, -0.2) is 4.79 Å². The smallest absolute Gasteiger partial charge is 0.323 e. The number of methoxy groups -OCH3 is 1.